The maximum Gasteiger partial charge on any atom is 0.160 e. The molecular weight excluding hydrogens is 625 g/mol. The van der Waals surface area contributed by atoms with Crippen molar-refractivity contribution in [1.29, 1.82) is 0 Å². The molecule has 0 saturated carbocycles. The van der Waals surface area contributed by atoms with Gasteiger partial charge in [-0.3, -0.25) is 4.57 Å². The van der Waals surface area contributed by atoms with E-state index in [0.717, 1.165) is 85.3 Å². The Hall–Kier alpha value is -6.59. The van der Waals surface area contributed by atoms with Crippen molar-refractivity contribution in [1.82, 2.24) is 18.7 Å². The molecule has 0 bridgehead atoms. The first-order valence-corrected chi connectivity index (χ1v) is 17.7. The number of imidazole rings is 1. The standard InChI is InChI=1S/C46H32N4O/c1-2-16-40-47-33-22-9-12-25-36(33)49(40)37-26-13-14-27-38(37)50-35-24-11-6-19-30(35)41-42-32-21-8-15-28-39(32)51-46(42)45-43(44(41)50)31-20-7-10-23-34(31)48(45)29-17-4-3-5-18-29/h3-15,17-28H,2,16H2,1H3. The first-order chi connectivity index (χ1) is 25.3. The third-order valence-corrected chi connectivity index (χ3v) is 10.5. The Balaban J connectivity index is 1.42. The van der Waals surface area contributed by atoms with Crippen LogP contribution in [0.15, 0.2) is 156 Å². The molecule has 242 valence electrons. The highest BCUT2D eigenvalue weighted by Gasteiger charge is 2.28. The second-order valence-electron chi connectivity index (χ2n) is 13.4. The fourth-order valence-electron chi connectivity index (χ4n) is 8.56. The van der Waals surface area contributed by atoms with Crippen LogP contribution in [0.4, 0.5) is 0 Å². The van der Waals surface area contributed by atoms with Gasteiger partial charge in [-0.2, -0.15) is 0 Å². The quantitative estimate of drug-likeness (QED) is 0.185. The molecule has 4 heterocycles. The van der Waals surface area contributed by atoms with E-state index in [0.29, 0.717) is 0 Å². The van der Waals surface area contributed by atoms with Crippen LogP contribution in [0.25, 0.3) is 93.6 Å². The van der Waals surface area contributed by atoms with Crippen LogP contribution in [0.1, 0.15) is 19.2 Å². The predicted octanol–water partition coefficient (Wildman–Crippen LogP) is 12.1. The van der Waals surface area contributed by atoms with Crippen molar-refractivity contribution in [3.63, 3.8) is 0 Å². The van der Waals surface area contributed by atoms with Gasteiger partial charge in [-0.25, -0.2) is 4.98 Å². The van der Waals surface area contributed by atoms with Crippen molar-refractivity contribution in [2.24, 2.45) is 0 Å². The number of hydrogen-bond acceptors (Lipinski definition) is 2. The summed E-state index contributed by atoms with van der Waals surface area (Å²) in [6.45, 7) is 2.22. The lowest BCUT2D eigenvalue weighted by Crippen LogP contribution is -2.06. The summed E-state index contributed by atoms with van der Waals surface area (Å²) in [7, 11) is 0. The number of furan rings is 1. The summed E-state index contributed by atoms with van der Waals surface area (Å²) in [5.41, 5.74) is 11.8. The molecule has 0 aliphatic carbocycles. The Morgan fingerprint density at radius 3 is 1.84 bits per heavy atom. The lowest BCUT2D eigenvalue weighted by atomic mass is 10.0. The predicted molar refractivity (Wildman–Crippen MR) is 211 cm³/mol. The Morgan fingerprint density at radius 2 is 1.08 bits per heavy atom. The molecule has 0 N–H and O–H groups in total. The molecule has 0 fully saturated rings. The first-order valence-electron chi connectivity index (χ1n) is 17.7. The Bertz CT molecular complexity index is 3150. The van der Waals surface area contributed by atoms with E-state index in [9.17, 15) is 0 Å². The highest BCUT2D eigenvalue weighted by atomic mass is 16.3. The minimum atomic E-state index is 0.882. The van der Waals surface area contributed by atoms with Crippen molar-refractivity contribution in [2.75, 3.05) is 0 Å². The van der Waals surface area contributed by atoms with Gasteiger partial charge in [0.05, 0.1) is 44.5 Å². The molecule has 0 aliphatic heterocycles. The van der Waals surface area contributed by atoms with Crippen molar-refractivity contribution in [2.45, 2.75) is 19.8 Å². The van der Waals surface area contributed by atoms with E-state index in [1.54, 1.807) is 0 Å². The summed E-state index contributed by atoms with van der Waals surface area (Å²) in [5.74, 6) is 1.07. The van der Waals surface area contributed by atoms with E-state index >= 15 is 0 Å². The molecule has 7 aromatic carbocycles. The van der Waals surface area contributed by atoms with Crippen molar-refractivity contribution >= 4 is 76.6 Å². The molecule has 0 spiro atoms. The maximum atomic E-state index is 6.96. The van der Waals surface area contributed by atoms with Crippen LogP contribution in [0.5, 0.6) is 0 Å². The van der Waals surface area contributed by atoms with Crippen LogP contribution in [0, 0.1) is 0 Å². The van der Waals surface area contributed by atoms with Crippen LogP contribution < -0.4 is 0 Å². The van der Waals surface area contributed by atoms with Gasteiger partial charge in [-0.1, -0.05) is 104 Å². The number of benzene rings is 7. The third-order valence-electron chi connectivity index (χ3n) is 10.5. The Kier molecular flexibility index (Phi) is 5.93. The molecule has 51 heavy (non-hydrogen) atoms. The monoisotopic (exact) mass is 656 g/mol. The molecule has 0 saturated heterocycles. The highest BCUT2D eigenvalue weighted by Crippen LogP contribution is 2.49. The summed E-state index contributed by atoms with van der Waals surface area (Å²) in [6.07, 6.45) is 1.89. The van der Waals surface area contributed by atoms with Gasteiger partial charge in [0.25, 0.3) is 0 Å². The molecule has 0 atom stereocenters. The van der Waals surface area contributed by atoms with E-state index < -0.39 is 0 Å². The summed E-state index contributed by atoms with van der Waals surface area (Å²) in [4.78, 5) is 5.16. The number of hydrogen-bond donors (Lipinski definition) is 0. The minimum Gasteiger partial charge on any atom is -0.454 e. The molecular formula is C46H32N4O. The fraction of sp³-hybridized carbons (Fsp3) is 0.0652. The van der Waals surface area contributed by atoms with Gasteiger partial charge in [0.15, 0.2) is 5.58 Å². The van der Waals surface area contributed by atoms with E-state index in [1.807, 2.05) is 0 Å². The third kappa shape index (κ3) is 3.83. The van der Waals surface area contributed by atoms with Crippen molar-refractivity contribution in [3.05, 3.63) is 157 Å². The zero-order chi connectivity index (χ0) is 33.6. The minimum absolute atomic E-state index is 0.882. The number of rotatable bonds is 5. The van der Waals surface area contributed by atoms with E-state index in [1.165, 1.54) is 27.1 Å². The van der Waals surface area contributed by atoms with Crippen molar-refractivity contribution in [3.8, 4) is 17.1 Å². The number of aryl methyl sites for hydroxylation is 1. The number of nitrogens with zero attached hydrogens (tertiary/aromatic N) is 4. The number of fused-ring (bicyclic) bond motifs is 13. The van der Waals surface area contributed by atoms with Gasteiger partial charge in [0.2, 0.25) is 0 Å². The molecule has 5 nitrogen and oxygen atoms in total. The van der Waals surface area contributed by atoms with Crippen LogP contribution in [0.3, 0.4) is 0 Å². The average Bonchev–Trinajstić information content (AvgIpc) is 3.93. The SMILES string of the molecule is CCCc1nc2ccccc2n1-c1ccccc1-n1c2ccccc2c2c3c4ccccc4oc3c3c(c4ccccc4n3-c3ccccc3)c21. The van der Waals surface area contributed by atoms with Gasteiger partial charge in [-0.15, -0.1) is 0 Å². The lowest BCUT2D eigenvalue weighted by Gasteiger charge is -2.17. The molecule has 11 rings (SSSR count). The van der Waals surface area contributed by atoms with Crippen LogP contribution >= 0.6 is 0 Å². The van der Waals surface area contributed by atoms with E-state index in [-0.39, 0.29) is 0 Å². The molecule has 5 heteroatoms. The van der Waals surface area contributed by atoms with E-state index in [4.69, 9.17) is 9.40 Å². The zero-order valence-corrected chi connectivity index (χ0v) is 28.0. The summed E-state index contributed by atoms with van der Waals surface area (Å²) in [5, 5.41) is 7.01. The van der Waals surface area contributed by atoms with Gasteiger partial charge < -0.3 is 13.6 Å². The van der Waals surface area contributed by atoms with Crippen LogP contribution in [-0.4, -0.2) is 18.7 Å². The molecule has 0 aliphatic rings. The topological polar surface area (TPSA) is 40.8 Å². The number of para-hydroxylation sites is 8. The molecule has 11 aromatic rings. The normalized spacial score (nSPS) is 12.2. The van der Waals surface area contributed by atoms with Crippen LogP contribution in [-0.2, 0) is 6.42 Å². The van der Waals surface area contributed by atoms with Crippen molar-refractivity contribution < 1.29 is 4.42 Å². The number of aromatic nitrogens is 4. The molecule has 4 aromatic heterocycles. The highest BCUT2D eigenvalue weighted by molar-refractivity contribution is 6.39. The van der Waals surface area contributed by atoms with Gasteiger partial charge >= 0.3 is 0 Å². The van der Waals surface area contributed by atoms with Gasteiger partial charge in [-0.05, 0) is 61.0 Å². The summed E-state index contributed by atoms with van der Waals surface area (Å²) >= 11 is 0. The summed E-state index contributed by atoms with van der Waals surface area (Å²) < 4.78 is 14.2. The lowest BCUT2D eigenvalue weighted by molar-refractivity contribution is 0.671. The molecule has 0 unspecified atom stereocenters. The summed E-state index contributed by atoms with van der Waals surface area (Å²) in [6, 6.07) is 54.1. The zero-order valence-electron chi connectivity index (χ0n) is 28.0. The Labute approximate surface area is 293 Å². The second kappa shape index (κ2) is 10.7. The largest absolute Gasteiger partial charge is 0.454 e. The second-order valence-corrected chi connectivity index (χ2v) is 13.4. The average molecular weight is 657 g/mol. The molecule has 0 radical (unpaired) electrons. The van der Waals surface area contributed by atoms with Gasteiger partial charge in [0, 0.05) is 44.4 Å². The molecule has 0 amide bonds. The first kappa shape index (κ1) is 28.3. The maximum absolute atomic E-state index is 6.96. The fourth-order valence-corrected chi connectivity index (χ4v) is 8.56. The smallest absolute Gasteiger partial charge is 0.160 e. The van der Waals surface area contributed by atoms with Gasteiger partial charge in [0.1, 0.15) is 11.4 Å². The van der Waals surface area contributed by atoms with E-state index in [2.05, 4.69) is 172 Å². The van der Waals surface area contributed by atoms with Crippen LogP contribution in [0.2, 0.25) is 0 Å². The Morgan fingerprint density at radius 1 is 0.490 bits per heavy atom.